The number of nitrogens with zero attached hydrogens (tertiary/aromatic N) is 2. The molecule has 5 heteroatoms. The van der Waals surface area contributed by atoms with Crippen LogP contribution in [0.5, 0.6) is 0 Å². The number of nitrogens with one attached hydrogen (secondary N) is 1. The van der Waals surface area contributed by atoms with Crippen LogP contribution in [0.15, 0.2) is 43.0 Å². The summed E-state index contributed by atoms with van der Waals surface area (Å²) in [5, 5.41) is 3.32. The van der Waals surface area contributed by atoms with Gasteiger partial charge >= 0.3 is 0 Å². The fourth-order valence-corrected chi connectivity index (χ4v) is 1.65. The van der Waals surface area contributed by atoms with Gasteiger partial charge in [0.1, 0.15) is 0 Å². The largest absolute Gasteiger partial charge is 0.343 e. The summed E-state index contributed by atoms with van der Waals surface area (Å²) in [4.78, 5) is 15.4. The minimum atomic E-state index is -0.305. The van der Waals surface area contributed by atoms with Crippen LogP contribution in [0, 0.1) is 11.8 Å². The molecule has 0 aliphatic carbocycles. The lowest BCUT2D eigenvalue weighted by Crippen LogP contribution is -2.25. The molecular formula is C14H12ClN3O. The molecule has 1 aromatic heterocycles. The molecule has 1 N–H and O–H groups in total. The Morgan fingerprint density at radius 1 is 1.47 bits per heavy atom. The topological polar surface area (TPSA) is 46.9 Å². The molecule has 4 nitrogen and oxygen atoms in total. The second-order valence-electron chi connectivity index (χ2n) is 3.82. The van der Waals surface area contributed by atoms with Gasteiger partial charge in [0.2, 0.25) is 0 Å². The van der Waals surface area contributed by atoms with E-state index < -0.39 is 0 Å². The lowest BCUT2D eigenvalue weighted by Gasteiger charge is -2.01. The molecule has 96 valence electrons. The van der Waals surface area contributed by atoms with Gasteiger partial charge in [-0.15, -0.1) is 0 Å². The molecule has 0 radical (unpaired) electrons. The maximum Gasteiger partial charge on any atom is 0.296 e. The van der Waals surface area contributed by atoms with Crippen molar-refractivity contribution in [2.75, 3.05) is 6.54 Å². The van der Waals surface area contributed by atoms with E-state index in [9.17, 15) is 4.79 Å². The monoisotopic (exact) mass is 273 g/mol. The van der Waals surface area contributed by atoms with Crippen LogP contribution in [0.3, 0.4) is 0 Å². The molecule has 0 aliphatic heterocycles. The van der Waals surface area contributed by atoms with Crippen LogP contribution in [0.25, 0.3) is 0 Å². The average molecular weight is 274 g/mol. The lowest BCUT2D eigenvalue weighted by atomic mass is 10.2. The van der Waals surface area contributed by atoms with Crippen molar-refractivity contribution in [3.63, 3.8) is 0 Å². The molecular weight excluding hydrogens is 262 g/mol. The predicted molar refractivity (Wildman–Crippen MR) is 73.6 cm³/mol. The van der Waals surface area contributed by atoms with Crippen molar-refractivity contribution < 1.29 is 4.79 Å². The molecule has 1 amide bonds. The van der Waals surface area contributed by atoms with Crippen LogP contribution in [0.2, 0.25) is 5.02 Å². The van der Waals surface area contributed by atoms with Gasteiger partial charge in [0.05, 0.1) is 6.33 Å². The Balaban J connectivity index is 1.81. The Labute approximate surface area is 116 Å². The van der Waals surface area contributed by atoms with E-state index in [0.717, 1.165) is 5.56 Å². The number of hydrogen-bond acceptors (Lipinski definition) is 2. The molecule has 0 atom stereocenters. The summed E-state index contributed by atoms with van der Waals surface area (Å²) in [5.41, 5.74) is 0.720. The predicted octanol–water partition coefficient (Wildman–Crippen LogP) is 1.70. The Kier molecular flexibility index (Phi) is 4.60. The summed E-state index contributed by atoms with van der Waals surface area (Å²) in [6.07, 6.45) is 5.23. The van der Waals surface area contributed by atoms with Gasteiger partial charge in [0.25, 0.3) is 5.91 Å². The van der Waals surface area contributed by atoms with Gasteiger partial charge in [-0.1, -0.05) is 23.6 Å². The number of aromatic nitrogens is 2. The molecule has 0 saturated carbocycles. The van der Waals surface area contributed by atoms with Crippen LogP contribution >= 0.6 is 11.6 Å². The number of benzene rings is 1. The Morgan fingerprint density at radius 2 is 2.37 bits per heavy atom. The number of amides is 1. The second-order valence-corrected chi connectivity index (χ2v) is 4.25. The highest BCUT2D eigenvalue weighted by molar-refractivity contribution is 6.30. The first-order chi connectivity index (χ1) is 9.24. The SMILES string of the molecule is O=C(C#Cc1cccc(Cl)c1)NCCn1ccnc1. The number of imidazole rings is 1. The molecule has 0 bridgehead atoms. The van der Waals surface area contributed by atoms with E-state index in [1.54, 1.807) is 36.8 Å². The van der Waals surface area contributed by atoms with Crippen molar-refractivity contribution in [2.45, 2.75) is 6.54 Å². The van der Waals surface area contributed by atoms with Gasteiger partial charge in [-0.3, -0.25) is 4.79 Å². The summed E-state index contributed by atoms with van der Waals surface area (Å²) < 4.78 is 1.88. The van der Waals surface area contributed by atoms with Crippen molar-refractivity contribution >= 4 is 17.5 Å². The van der Waals surface area contributed by atoms with Crippen LogP contribution in [-0.2, 0) is 11.3 Å². The summed E-state index contributed by atoms with van der Waals surface area (Å²) in [6.45, 7) is 1.18. The zero-order valence-electron chi connectivity index (χ0n) is 10.1. The van der Waals surface area contributed by atoms with E-state index in [1.165, 1.54) is 0 Å². The fourth-order valence-electron chi connectivity index (χ4n) is 1.46. The molecule has 1 heterocycles. The highest BCUT2D eigenvalue weighted by atomic mass is 35.5. The standard InChI is InChI=1S/C14H12ClN3O/c15-13-3-1-2-12(10-13)4-5-14(19)17-7-9-18-8-6-16-11-18/h1-3,6,8,10-11H,7,9H2,(H,17,19). The summed E-state index contributed by atoms with van der Waals surface area (Å²) >= 11 is 5.82. The molecule has 19 heavy (non-hydrogen) atoms. The zero-order valence-corrected chi connectivity index (χ0v) is 10.9. The molecule has 0 saturated heterocycles. The van der Waals surface area contributed by atoms with Gasteiger partial charge in [0, 0.05) is 42.0 Å². The third-order valence-electron chi connectivity index (χ3n) is 2.36. The fraction of sp³-hybridized carbons (Fsp3) is 0.143. The van der Waals surface area contributed by atoms with Crippen LogP contribution in [0.4, 0.5) is 0 Å². The van der Waals surface area contributed by atoms with Crippen molar-refractivity contribution in [1.82, 2.24) is 14.9 Å². The molecule has 0 unspecified atom stereocenters. The molecule has 2 aromatic rings. The average Bonchev–Trinajstić information content (AvgIpc) is 2.90. The minimum Gasteiger partial charge on any atom is -0.343 e. The normalized spacial score (nSPS) is 9.53. The number of carbonyl (C=O) groups is 1. The van der Waals surface area contributed by atoms with Crippen LogP contribution in [-0.4, -0.2) is 22.0 Å². The first kappa shape index (κ1) is 13.2. The van der Waals surface area contributed by atoms with Gasteiger partial charge in [-0.2, -0.15) is 0 Å². The van der Waals surface area contributed by atoms with Crippen LogP contribution < -0.4 is 5.32 Å². The van der Waals surface area contributed by atoms with Crippen molar-refractivity contribution in [2.24, 2.45) is 0 Å². The van der Waals surface area contributed by atoms with E-state index >= 15 is 0 Å². The van der Waals surface area contributed by atoms with Crippen molar-refractivity contribution in [1.29, 1.82) is 0 Å². The molecule has 0 fully saturated rings. The highest BCUT2D eigenvalue weighted by Crippen LogP contribution is 2.09. The number of carbonyl (C=O) groups excluding carboxylic acids is 1. The maximum absolute atomic E-state index is 11.5. The number of halogens is 1. The maximum atomic E-state index is 11.5. The lowest BCUT2D eigenvalue weighted by molar-refractivity contribution is -0.115. The van der Waals surface area contributed by atoms with E-state index in [-0.39, 0.29) is 5.91 Å². The minimum absolute atomic E-state index is 0.305. The molecule has 0 spiro atoms. The van der Waals surface area contributed by atoms with Crippen molar-refractivity contribution in [3.05, 3.63) is 53.6 Å². The van der Waals surface area contributed by atoms with Crippen molar-refractivity contribution in [3.8, 4) is 11.8 Å². The first-order valence-electron chi connectivity index (χ1n) is 5.75. The quantitative estimate of drug-likeness (QED) is 0.866. The third-order valence-corrected chi connectivity index (χ3v) is 2.59. The third kappa shape index (κ3) is 4.49. The molecule has 0 aliphatic rings. The highest BCUT2D eigenvalue weighted by Gasteiger charge is 1.95. The van der Waals surface area contributed by atoms with E-state index in [1.807, 2.05) is 10.8 Å². The molecule has 2 rings (SSSR count). The smallest absolute Gasteiger partial charge is 0.296 e. The van der Waals surface area contributed by atoms with Gasteiger partial charge in [0.15, 0.2) is 0 Å². The van der Waals surface area contributed by atoms with E-state index in [4.69, 9.17) is 11.6 Å². The number of hydrogen-bond donors (Lipinski definition) is 1. The van der Waals surface area contributed by atoms with Crippen LogP contribution in [0.1, 0.15) is 5.56 Å². The number of rotatable bonds is 3. The van der Waals surface area contributed by atoms with E-state index in [0.29, 0.717) is 18.1 Å². The zero-order chi connectivity index (χ0) is 13.5. The van der Waals surface area contributed by atoms with Gasteiger partial charge < -0.3 is 9.88 Å². The summed E-state index contributed by atoms with van der Waals surface area (Å²) in [6, 6.07) is 7.08. The summed E-state index contributed by atoms with van der Waals surface area (Å²) in [7, 11) is 0. The van der Waals surface area contributed by atoms with Gasteiger partial charge in [-0.25, -0.2) is 4.98 Å². The Hall–Kier alpha value is -2.25. The Morgan fingerprint density at radius 3 is 3.11 bits per heavy atom. The first-order valence-corrected chi connectivity index (χ1v) is 6.13. The Bertz CT molecular complexity index is 611. The van der Waals surface area contributed by atoms with E-state index in [2.05, 4.69) is 22.1 Å². The molecule has 1 aromatic carbocycles. The second kappa shape index (κ2) is 6.62. The van der Waals surface area contributed by atoms with Gasteiger partial charge in [-0.05, 0) is 18.2 Å². The summed E-state index contributed by atoms with van der Waals surface area (Å²) in [5.74, 6) is 4.98.